The van der Waals surface area contributed by atoms with Gasteiger partial charge in [0, 0.05) is 11.9 Å². The number of anilines is 1. The number of pyridine rings is 1. The lowest BCUT2D eigenvalue weighted by atomic mass is 10.2. The highest BCUT2D eigenvalue weighted by Gasteiger charge is 2.73. The molecule has 0 bridgehead atoms. The zero-order chi connectivity index (χ0) is 24.2. The van der Waals surface area contributed by atoms with Crippen LogP contribution in [0.25, 0.3) is 0 Å². The molecule has 0 aliphatic carbocycles. The highest BCUT2D eigenvalue weighted by atomic mass is 19.4. The molecular formula is C20H19F7N2O3. The van der Waals surface area contributed by atoms with E-state index in [1.807, 2.05) is 13.8 Å². The fourth-order valence-electron chi connectivity index (χ4n) is 2.21. The van der Waals surface area contributed by atoms with Crippen LogP contribution in [0.4, 0.5) is 36.4 Å². The van der Waals surface area contributed by atoms with Crippen LogP contribution in [0.3, 0.4) is 0 Å². The summed E-state index contributed by atoms with van der Waals surface area (Å²) in [6.07, 6.45) is -5.09. The molecule has 5 nitrogen and oxygen atoms in total. The van der Waals surface area contributed by atoms with E-state index in [4.69, 9.17) is 4.74 Å². The Hall–Kier alpha value is -2.89. The Morgan fingerprint density at radius 3 is 2.12 bits per heavy atom. The van der Waals surface area contributed by atoms with E-state index >= 15 is 0 Å². The Morgan fingerprint density at radius 2 is 1.62 bits per heavy atom. The summed E-state index contributed by atoms with van der Waals surface area (Å²) in [5.41, 5.74) is 1.03. The molecule has 0 saturated heterocycles. The van der Waals surface area contributed by atoms with Crippen molar-refractivity contribution in [2.24, 2.45) is 0 Å². The van der Waals surface area contributed by atoms with Gasteiger partial charge in [-0.2, -0.15) is 30.7 Å². The number of nitrogens with zero attached hydrogens (tertiary/aromatic N) is 1. The number of ether oxygens (including phenoxy) is 2. The standard InChI is InChI=1S/C20H19F7N2O3/c1-12(2)31-10-15-4-3-13(9-28-15)17(30)29-14-5-7-16(8-6-14)32-11-18(21,22)19(23,24)20(25,26)27/h3-9,12H,10-11H2,1-2H3,(H,29,30). The lowest BCUT2D eigenvalue weighted by Gasteiger charge is -2.27. The summed E-state index contributed by atoms with van der Waals surface area (Å²) < 4.78 is 98.4. The van der Waals surface area contributed by atoms with Crippen LogP contribution in [0.5, 0.6) is 5.75 Å². The Labute approximate surface area is 178 Å². The molecule has 1 aromatic carbocycles. The summed E-state index contributed by atoms with van der Waals surface area (Å²) in [6, 6.07) is 7.58. The minimum atomic E-state index is -6.43. The Balaban J connectivity index is 1.94. The van der Waals surface area contributed by atoms with Crippen LogP contribution in [-0.4, -0.2) is 41.6 Å². The van der Waals surface area contributed by atoms with Gasteiger partial charge in [0.15, 0.2) is 6.61 Å². The van der Waals surface area contributed by atoms with E-state index in [9.17, 15) is 35.5 Å². The lowest BCUT2D eigenvalue weighted by Crippen LogP contribution is -2.54. The van der Waals surface area contributed by atoms with Crippen LogP contribution in [-0.2, 0) is 11.3 Å². The molecule has 1 amide bonds. The van der Waals surface area contributed by atoms with E-state index in [0.717, 1.165) is 12.1 Å². The third-order valence-corrected chi connectivity index (χ3v) is 4.00. The van der Waals surface area contributed by atoms with Gasteiger partial charge in [-0.05, 0) is 50.2 Å². The Bertz CT molecular complexity index is 899. The molecule has 1 heterocycles. The zero-order valence-corrected chi connectivity index (χ0v) is 16.9. The summed E-state index contributed by atoms with van der Waals surface area (Å²) in [7, 11) is 0. The van der Waals surface area contributed by atoms with E-state index in [0.29, 0.717) is 5.69 Å². The van der Waals surface area contributed by atoms with Gasteiger partial charge in [-0.15, -0.1) is 0 Å². The van der Waals surface area contributed by atoms with Crippen LogP contribution in [0.2, 0.25) is 0 Å². The molecule has 0 unspecified atom stereocenters. The number of carbonyl (C=O) groups excluding carboxylic acids is 1. The first-order valence-electron chi connectivity index (χ1n) is 9.16. The van der Waals surface area contributed by atoms with E-state index in [1.54, 1.807) is 6.07 Å². The molecule has 0 spiro atoms. The van der Waals surface area contributed by atoms with Gasteiger partial charge in [0.05, 0.1) is 24.0 Å². The number of rotatable bonds is 9. The summed E-state index contributed by atoms with van der Waals surface area (Å²) >= 11 is 0. The minimum absolute atomic E-state index is 0.0130. The second-order valence-electron chi connectivity index (χ2n) is 6.94. The van der Waals surface area contributed by atoms with Crippen LogP contribution >= 0.6 is 0 Å². The molecule has 2 aromatic rings. The van der Waals surface area contributed by atoms with Gasteiger partial charge < -0.3 is 14.8 Å². The number of halogens is 7. The first-order valence-corrected chi connectivity index (χ1v) is 9.16. The summed E-state index contributed by atoms with van der Waals surface area (Å²) in [5.74, 6) is -12.7. The Morgan fingerprint density at radius 1 is 1.00 bits per heavy atom. The van der Waals surface area contributed by atoms with Gasteiger partial charge in [-0.25, -0.2) is 0 Å². The maximum Gasteiger partial charge on any atom is 0.460 e. The van der Waals surface area contributed by atoms with Crippen LogP contribution in [0.15, 0.2) is 42.6 Å². The highest BCUT2D eigenvalue weighted by Crippen LogP contribution is 2.46. The molecule has 2 rings (SSSR count). The molecule has 12 heteroatoms. The van der Waals surface area contributed by atoms with E-state index < -0.39 is 36.3 Å². The van der Waals surface area contributed by atoms with Gasteiger partial charge in [0.25, 0.3) is 5.91 Å². The van der Waals surface area contributed by atoms with Gasteiger partial charge in [0.1, 0.15) is 5.75 Å². The maximum atomic E-state index is 13.3. The number of nitrogens with one attached hydrogen (secondary N) is 1. The van der Waals surface area contributed by atoms with Crippen LogP contribution in [0, 0.1) is 0 Å². The fourth-order valence-corrected chi connectivity index (χ4v) is 2.21. The van der Waals surface area contributed by atoms with Crippen LogP contribution in [0.1, 0.15) is 29.9 Å². The normalized spacial score (nSPS) is 12.7. The van der Waals surface area contributed by atoms with Crippen molar-refractivity contribution in [2.75, 3.05) is 11.9 Å². The second-order valence-corrected chi connectivity index (χ2v) is 6.94. The molecule has 1 aromatic heterocycles. The number of hydrogen-bond donors (Lipinski definition) is 1. The second kappa shape index (κ2) is 9.72. The highest BCUT2D eigenvalue weighted by molar-refractivity contribution is 6.04. The fraction of sp³-hybridized carbons (Fsp3) is 0.400. The number of aromatic nitrogens is 1. The van der Waals surface area contributed by atoms with Crippen molar-refractivity contribution in [3.63, 3.8) is 0 Å². The topological polar surface area (TPSA) is 60.5 Å². The number of amides is 1. The lowest BCUT2D eigenvalue weighted by molar-refractivity contribution is -0.358. The summed E-state index contributed by atoms with van der Waals surface area (Å²) in [5, 5.41) is 2.49. The number of benzene rings is 1. The predicted octanol–water partition coefficient (Wildman–Crippen LogP) is 5.47. The molecule has 0 aliphatic rings. The van der Waals surface area contributed by atoms with Crippen molar-refractivity contribution >= 4 is 11.6 Å². The maximum absolute atomic E-state index is 13.3. The average Bonchev–Trinajstić information content (AvgIpc) is 2.71. The first-order chi connectivity index (χ1) is 14.7. The summed E-state index contributed by atoms with van der Waals surface area (Å²) in [6.45, 7) is 1.81. The van der Waals surface area contributed by atoms with Gasteiger partial charge in [-0.3, -0.25) is 9.78 Å². The third-order valence-electron chi connectivity index (χ3n) is 4.00. The molecule has 0 atom stereocenters. The largest absolute Gasteiger partial charge is 0.487 e. The molecule has 176 valence electrons. The number of alkyl halides is 7. The number of carbonyl (C=O) groups is 1. The molecule has 0 saturated carbocycles. The zero-order valence-electron chi connectivity index (χ0n) is 16.9. The average molecular weight is 468 g/mol. The molecule has 0 fully saturated rings. The quantitative estimate of drug-likeness (QED) is 0.496. The van der Waals surface area contributed by atoms with Crippen molar-refractivity contribution in [1.82, 2.24) is 4.98 Å². The molecular weight excluding hydrogens is 449 g/mol. The van der Waals surface area contributed by atoms with Gasteiger partial charge in [0.2, 0.25) is 0 Å². The Kier molecular flexibility index (Phi) is 7.70. The van der Waals surface area contributed by atoms with E-state index in [2.05, 4.69) is 15.0 Å². The summed E-state index contributed by atoms with van der Waals surface area (Å²) in [4.78, 5) is 16.3. The van der Waals surface area contributed by atoms with Crippen molar-refractivity contribution < 1.29 is 45.0 Å². The van der Waals surface area contributed by atoms with Gasteiger partial charge >= 0.3 is 18.0 Å². The molecule has 0 radical (unpaired) electrons. The minimum Gasteiger partial charge on any atom is -0.487 e. The van der Waals surface area contributed by atoms with Crippen LogP contribution < -0.4 is 10.1 Å². The molecule has 0 aliphatic heterocycles. The monoisotopic (exact) mass is 468 g/mol. The van der Waals surface area contributed by atoms with E-state index in [-0.39, 0.29) is 24.0 Å². The number of hydrogen-bond acceptors (Lipinski definition) is 4. The van der Waals surface area contributed by atoms with Crippen molar-refractivity contribution in [3.05, 3.63) is 53.9 Å². The molecule has 1 N–H and O–H groups in total. The van der Waals surface area contributed by atoms with E-state index in [1.165, 1.54) is 24.4 Å². The SMILES string of the molecule is CC(C)OCc1ccc(C(=O)Nc2ccc(OCC(F)(F)C(F)(F)C(F)(F)F)cc2)cn1. The van der Waals surface area contributed by atoms with Crippen molar-refractivity contribution in [1.29, 1.82) is 0 Å². The third kappa shape index (κ3) is 6.31. The first kappa shape index (κ1) is 25.4. The van der Waals surface area contributed by atoms with Crippen molar-refractivity contribution in [3.8, 4) is 5.75 Å². The van der Waals surface area contributed by atoms with Gasteiger partial charge in [-0.1, -0.05) is 0 Å². The smallest absolute Gasteiger partial charge is 0.460 e. The molecule has 32 heavy (non-hydrogen) atoms. The predicted molar refractivity (Wildman–Crippen MR) is 100 cm³/mol. The van der Waals surface area contributed by atoms with Crippen molar-refractivity contribution in [2.45, 2.75) is 44.6 Å².